The summed E-state index contributed by atoms with van der Waals surface area (Å²) in [5, 5.41) is 9.77. The second-order valence-electron chi connectivity index (χ2n) is 5.52. The van der Waals surface area contributed by atoms with Gasteiger partial charge in [-0.2, -0.15) is 0 Å². The molecular formula is C17H21ClN2O2. The van der Waals surface area contributed by atoms with Crippen LogP contribution in [0.2, 0.25) is 5.02 Å². The normalized spacial score (nSPS) is 20.1. The molecule has 0 aromatic heterocycles. The maximum Gasteiger partial charge on any atom is 0.407 e. The highest BCUT2D eigenvalue weighted by Gasteiger charge is 2.29. The first kappa shape index (κ1) is 16.7. The van der Waals surface area contributed by atoms with Crippen LogP contribution in [-0.4, -0.2) is 52.7 Å². The van der Waals surface area contributed by atoms with Crippen molar-refractivity contribution in [3.8, 4) is 11.8 Å². The lowest BCUT2D eigenvalue weighted by Gasteiger charge is -2.41. The molecule has 0 radical (unpaired) electrons. The van der Waals surface area contributed by atoms with Gasteiger partial charge in [-0.15, -0.1) is 0 Å². The van der Waals surface area contributed by atoms with E-state index in [0.29, 0.717) is 18.1 Å². The lowest BCUT2D eigenvalue weighted by molar-refractivity contribution is 0.0616. The summed E-state index contributed by atoms with van der Waals surface area (Å²) in [6, 6.07) is 7.82. The van der Waals surface area contributed by atoms with E-state index in [1.165, 1.54) is 4.90 Å². The van der Waals surface area contributed by atoms with Gasteiger partial charge in [0.2, 0.25) is 0 Å². The number of halogens is 1. The van der Waals surface area contributed by atoms with Crippen molar-refractivity contribution in [3.05, 3.63) is 34.9 Å². The van der Waals surface area contributed by atoms with Gasteiger partial charge in [0.15, 0.2) is 0 Å². The zero-order valence-electron chi connectivity index (χ0n) is 12.9. The Bertz CT molecular complexity index is 594. The third-order valence-electron chi connectivity index (χ3n) is 3.94. The lowest BCUT2D eigenvalue weighted by Crippen LogP contribution is -2.56. The van der Waals surface area contributed by atoms with Gasteiger partial charge in [-0.05, 0) is 31.5 Å². The number of benzene rings is 1. The molecule has 2 rings (SSSR count). The molecule has 1 aliphatic heterocycles. The smallest absolute Gasteiger partial charge is 0.407 e. The van der Waals surface area contributed by atoms with Crippen LogP contribution >= 0.6 is 11.6 Å². The third kappa shape index (κ3) is 4.16. The Kier molecular flexibility index (Phi) is 5.70. The van der Waals surface area contributed by atoms with E-state index in [0.717, 1.165) is 18.5 Å². The molecule has 0 bridgehead atoms. The lowest BCUT2D eigenvalue weighted by atomic mass is 10.1. The van der Waals surface area contributed by atoms with Gasteiger partial charge in [0, 0.05) is 36.3 Å². The van der Waals surface area contributed by atoms with Crippen molar-refractivity contribution in [2.45, 2.75) is 32.4 Å². The molecule has 4 nitrogen and oxygen atoms in total. The van der Waals surface area contributed by atoms with Crippen LogP contribution in [0.25, 0.3) is 0 Å². The molecule has 1 aromatic carbocycles. The second-order valence-corrected chi connectivity index (χ2v) is 5.96. The number of hydrogen-bond acceptors (Lipinski definition) is 2. The minimum Gasteiger partial charge on any atom is -0.465 e. The zero-order chi connectivity index (χ0) is 16.1. The highest BCUT2D eigenvalue weighted by Crippen LogP contribution is 2.16. The minimum absolute atomic E-state index is 0.130. The molecule has 22 heavy (non-hydrogen) atoms. The van der Waals surface area contributed by atoms with Gasteiger partial charge in [-0.3, -0.25) is 4.90 Å². The largest absolute Gasteiger partial charge is 0.465 e. The van der Waals surface area contributed by atoms with Crippen LogP contribution in [0, 0.1) is 11.8 Å². The monoisotopic (exact) mass is 320 g/mol. The van der Waals surface area contributed by atoms with Crippen LogP contribution in [0.15, 0.2) is 24.3 Å². The summed E-state index contributed by atoms with van der Waals surface area (Å²) in [5.74, 6) is 6.49. The SMILES string of the molecule is CC[C@@H](C#Cc1cccc(Cl)c1)N1CCN(C(=O)O)C[C@H]1C. The van der Waals surface area contributed by atoms with Crippen LogP contribution in [0.3, 0.4) is 0 Å². The van der Waals surface area contributed by atoms with Crippen molar-refractivity contribution in [3.63, 3.8) is 0 Å². The van der Waals surface area contributed by atoms with E-state index in [4.69, 9.17) is 16.7 Å². The summed E-state index contributed by atoms with van der Waals surface area (Å²) in [6.45, 7) is 5.95. The fourth-order valence-corrected chi connectivity index (χ4v) is 2.95. The van der Waals surface area contributed by atoms with Gasteiger partial charge in [0.25, 0.3) is 0 Å². The molecule has 1 N–H and O–H groups in total. The van der Waals surface area contributed by atoms with E-state index in [1.54, 1.807) is 0 Å². The fraction of sp³-hybridized carbons (Fsp3) is 0.471. The van der Waals surface area contributed by atoms with Gasteiger partial charge >= 0.3 is 6.09 Å². The molecule has 1 aromatic rings. The third-order valence-corrected chi connectivity index (χ3v) is 4.18. The van der Waals surface area contributed by atoms with E-state index in [1.807, 2.05) is 24.3 Å². The molecular weight excluding hydrogens is 300 g/mol. The number of nitrogens with zero attached hydrogens (tertiary/aromatic N) is 2. The number of rotatable bonds is 2. The van der Waals surface area contributed by atoms with E-state index in [9.17, 15) is 4.79 Å². The average molecular weight is 321 g/mol. The summed E-state index contributed by atoms with van der Waals surface area (Å²) in [4.78, 5) is 14.8. The number of piperazine rings is 1. The van der Waals surface area contributed by atoms with E-state index >= 15 is 0 Å². The molecule has 1 heterocycles. The van der Waals surface area contributed by atoms with Crippen LogP contribution in [0.4, 0.5) is 4.79 Å². The first-order chi connectivity index (χ1) is 10.5. The summed E-state index contributed by atoms with van der Waals surface area (Å²) < 4.78 is 0. The number of carboxylic acid groups (broad SMARTS) is 1. The molecule has 5 heteroatoms. The highest BCUT2D eigenvalue weighted by atomic mass is 35.5. The van der Waals surface area contributed by atoms with E-state index in [-0.39, 0.29) is 12.1 Å². The van der Waals surface area contributed by atoms with Gasteiger partial charge < -0.3 is 10.0 Å². The predicted octanol–water partition coefficient (Wildman–Crippen LogP) is 3.15. The van der Waals surface area contributed by atoms with Crippen molar-refractivity contribution >= 4 is 17.7 Å². The quantitative estimate of drug-likeness (QED) is 0.851. The number of hydrogen-bond donors (Lipinski definition) is 1. The van der Waals surface area contributed by atoms with Gasteiger partial charge in [-0.1, -0.05) is 36.4 Å². The molecule has 2 atom stereocenters. The predicted molar refractivity (Wildman–Crippen MR) is 88.2 cm³/mol. The second kappa shape index (κ2) is 7.53. The number of carbonyl (C=O) groups is 1. The Balaban J connectivity index is 2.08. The summed E-state index contributed by atoms with van der Waals surface area (Å²) >= 11 is 5.97. The topological polar surface area (TPSA) is 43.8 Å². The van der Waals surface area contributed by atoms with Gasteiger partial charge in [0.05, 0.1) is 6.04 Å². The first-order valence-corrected chi connectivity index (χ1v) is 7.89. The van der Waals surface area contributed by atoms with Crippen molar-refractivity contribution in [1.29, 1.82) is 0 Å². The fourth-order valence-electron chi connectivity index (χ4n) is 2.76. The van der Waals surface area contributed by atoms with E-state index in [2.05, 4.69) is 30.6 Å². The summed E-state index contributed by atoms with van der Waals surface area (Å²) in [7, 11) is 0. The van der Waals surface area contributed by atoms with Crippen LogP contribution < -0.4 is 0 Å². The van der Waals surface area contributed by atoms with Crippen LogP contribution in [0.1, 0.15) is 25.8 Å². The Labute approximate surface area is 136 Å². The zero-order valence-corrected chi connectivity index (χ0v) is 13.7. The van der Waals surface area contributed by atoms with Gasteiger partial charge in [0.1, 0.15) is 0 Å². The Morgan fingerprint density at radius 2 is 2.27 bits per heavy atom. The van der Waals surface area contributed by atoms with E-state index < -0.39 is 6.09 Å². The van der Waals surface area contributed by atoms with Crippen LogP contribution in [0.5, 0.6) is 0 Å². The molecule has 0 aliphatic carbocycles. The first-order valence-electron chi connectivity index (χ1n) is 7.52. The molecule has 1 aliphatic rings. The maximum atomic E-state index is 11.1. The van der Waals surface area contributed by atoms with Crippen molar-refractivity contribution in [2.75, 3.05) is 19.6 Å². The molecule has 1 fully saturated rings. The summed E-state index contributed by atoms with van der Waals surface area (Å²) in [6.07, 6.45) is 0.0647. The maximum absolute atomic E-state index is 11.1. The molecule has 0 unspecified atom stereocenters. The Hall–Kier alpha value is -1.70. The highest BCUT2D eigenvalue weighted by molar-refractivity contribution is 6.30. The van der Waals surface area contributed by atoms with Crippen molar-refractivity contribution in [2.24, 2.45) is 0 Å². The molecule has 0 spiro atoms. The standard InChI is InChI=1S/C17H21ClN2O2/c1-3-16(8-7-14-5-4-6-15(18)11-14)20-10-9-19(17(21)22)12-13(20)2/h4-6,11,13,16H,3,9-10,12H2,1-2H3,(H,21,22)/t13-,16+/m1/s1. The number of amides is 1. The van der Waals surface area contributed by atoms with Crippen LogP contribution in [-0.2, 0) is 0 Å². The Morgan fingerprint density at radius 1 is 1.50 bits per heavy atom. The minimum atomic E-state index is -0.843. The molecule has 0 saturated carbocycles. The molecule has 118 valence electrons. The Morgan fingerprint density at radius 3 is 2.86 bits per heavy atom. The molecule has 1 saturated heterocycles. The van der Waals surface area contributed by atoms with Crippen molar-refractivity contribution < 1.29 is 9.90 Å². The van der Waals surface area contributed by atoms with Crippen molar-refractivity contribution in [1.82, 2.24) is 9.80 Å². The summed E-state index contributed by atoms with van der Waals surface area (Å²) in [5.41, 5.74) is 0.905. The molecule has 1 amide bonds. The average Bonchev–Trinajstić information content (AvgIpc) is 2.49. The van der Waals surface area contributed by atoms with Gasteiger partial charge in [-0.25, -0.2) is 4.79 Å².